The predicted molar refractivity (Wildman–Crippen MR) is 94.4 cm³/mol. The number of carbonyl (C=O) groups excluding carboxylic acids is 1. The van der Waals surface area contributed by atoms with Gasteiger partial charge in [-0.3, -0.25) is 4.79 Å². The van der Waals surface area contributed by atoms with Gasteiger partial charge in [0.1, 0.15) is 11.9 Å². The molecule has 1 fully saturated rings. The Morgan fingerprint density at radius 2 is 1.60 bits per heavy atom. The van der Waals surface area contributed by atoms with Gasteiger partial charge in [-0.05, 0) is 36.4 Å². The molecule has 25 heavy (non-hydrogen) atoms. The first-order valence-electron chi connectivity index (χ1n) is 8.08. The molecule has 0 spiro atoms. The fourth-order valence-corrected chi connectivity index (χ4v) is 3.01. The molecule has 1 amide bonds. The quantitative estimate of drug-likeness (QED) is 0.903. The van der Waals surface area contributed by atoms with Crippen LogP contribution in [0.25, 0.3) is 0 Å². The second-order valence-corrected chi connectivity index (χ2v) is 6.33. The number of ether oxygens (including phenoxy) is 1. The van der Waals surface area contributed by atoms with Crippen LogP contribution >= 0.6 is 11.6 Å². The third-order valence-corrected chi connectivity index (χ3v) is 4.55. The lowest BCUT2D eigenvalue weighted by Gasteiger charge is -2.32. The van der Waals surface area contributed by atoms with Crippen LogP contribution in [-0.4, -0.2) is 41.1 Å². The van der Waals surface area contributed by atoms with Gasteiger partial charge >= 0.3 is 5.97 Å². The molecule has 0 bridgehead atoms. The number of amides is 1. The van der Waals surface area contributed by atoms with Crippen molar-refractivity contribution in [2.75, 3.05) is 13.1 Å². The van der Waals surface area contributed by atoms with E-state index < -0.39 is 5.97 Å². The van der Waals surface area contributed by atoms with Crippen LogP contribution in [-0.2, 0) is 0 Å². The summed E-state index contributed by atoms with van der Waals surface area (Å²) in [4.78, 5) is 25.2. The summed E-state index contributed by atoms with van der Waals surface area (Å²) in [5.41, 5.74) is 0.666. The standard InChI is InChI=1S/C19H18ClNO4/c20-16-3-1-2-4-17(16)25-15-9-11-21(12-10-15)18(22)13-5-7-14(8-6-13)19(23)24/h1-8,15H,9-12H2,(H,23,24). The van der Waals surface area contributed by atoms with E-state index in [2.05, 4.69) is 0 Å². The van der Waals surface area contributed by atoms with Gasteiger partial charge in [-0.2, -0.15) is 0 Å². The number of para-hydroxylation sites is 1. The fourth-order valence-electron chi connectivity index (χ4n) is 2.83. The van der Waals surface area contributed by atoms with Gasteiger partial charge in [0.2, 0.25) is 0 Å². The number of hydrogen-bond acceptors (Lipinski definition) is 3. The predicted octanol–water partition coefficient (Wildman–Crippen LogP) is 3.72. The summed E-state index contributed by atoms with van der Waals surface area (Å²) in [5, 5.41) is 9.50. The van der Waals surface area contributed by atoms with Crippen LogP contribution in [0.3, 0.4) is 0 Å². The molecule has 130 valence electrons. The largest absolute Gasteiger partial charge is 0.489 e. The van der Waals surface area contributed by atoms with E-state index in [4.69, 9.17) is 21.4 Å². The van der Waals surface area contributed by atoms with Crippen LogP contribution in [0.4, 0.5) is 0 Å². The molecular formula is C19H18ClNO4. The Hall–Kier alpha value is -2.53. The molecule has 0 aromatic heterocycles. The maximum Gasteiger partial charge on any atom is 0.335 e. The van der Waals surface area contributed by atoms with E-state index in [9.17, 15) is 9.59 Å². The Morgan fingerprint density at radius 3 is 2.20 bits per heavy atom. The van der Waals surface area contributed by atoms with Crippen LogP contribution in [0.15, 0.2) is 48.5 Å². The number of aromatic carboxylic acids is 1. The minimum atomic E-state index is -1.00. The second kappa shape index (κ2) is 7.57. The lowest BCUT2D eigenvalue weighted by Crippen LogP contribution is -2.41. The molecule has 1 N–H and O–H groups in total. The van der Waals surface area contributed by atoms with Crippen LogP contribution in [0.2, 0.25) is 5.02 Å². The molecule has 2 aromatic carbocycles. The molecular weight excluding hydrogens is 342 g/mol. The summed E-state index contributed by atoms with van der Waals surface area (Å²) in [6.45, 7) is 1.18. The van der Waals surface area contributed by atoms with Gasteiger partial charge in [0.15, 0.2) is 0 Å². The zero-order valence-corrected chi connectivity index (χ0v) is 14.3. The fraction of sp³-hybridized carbons (Fsp3) is 0.263. The van der Waals surface area contributed by atoms with Crippen LogP contribution < -0.4 is 4.74 Å². The van der Waals surface area contributed by atoms with Gasteiger partial charge in [-0.15, -0.1) is 0 Å². The van der Waals surface area contributed by atoms with Crippen molar-refractivity contribution in [3.8, 4) is 5.75 Å². The summed E-state index contributed by atoms with van der Waals surface area (Å²) in [6.07, 6.45) is 1.48. The van der Waals surface area contributed by atoms with E-state index in [0.717, 1.165) is 12.8 Å². The highest BCUT2D eigenvalue weighted by Crippen LogP contribution is 2.27. The summed E-state index contributed by atoms with van der Waals surface area (Å²) in [7, 11) is 0. The lowest BCUT2D eigenvalue weighted by atomic mass is 10.1. The molecule has 1 aliphatic rings. The number of hydrogen-bond donors (Lipinski definition) is 1. The summed E-state index contributed by atoms with van der Waals surface area (Å²) in [5.74, 6) is -0.428. The normalized spacial score (nSPS) is 15.0. The van der Waals surface area contributed by atoms with Crippen LogP contribution in [0.1, 0.15) is 33.6 Å². The number of carboxylic acid groups (broad SMARTS) is 1. The van der Waals surface area contributed by atoms with E-state index in [1.807, 2.05) is 18.2 Å². The highest BCUT2D eigenvalue weighted by molar-refractivity contribution is 6.32. The Morgan fingerprint density at radius 1 is 1.00 bits per heavy atom. The molecule has 1 heterocycles. The van der Waals surface area contributed by atoms with Crippen molar-refractivity contribution in [3.05, 3.63) is 64.7 Å². The van der Waals surface area contributed by atoms with Crippen molar-refractivity contribution >= 4 is 23.5 Å². The summed E-state index contributed by atoms with van der Waals surface area (Å²) in [6, 6.07) is 13.4. The molecule has 0 radical (unpaired) electrons. The molecule has 2 aromatic rings. The number of benzene rings is 2. The Labute approximate surface area is 150 Å². The highest BCUT2D eigenvalue weighted by Gasteiger charge is 2.25. The SMILES string of the molecule is O=C(O)c1ccc(C(=O)N2CCC(Oc3ccccc3Cl)CC2)cc1. The second-order valence-electron chi connectivity index (χ2n) is 5.92. The number of carboxylic acids is 1. The average molecular weight is 360 g/mol. The number of rotatable bonds is 4. The number of nitrogens with zero attached hydrogens (tertiary/aromatic N) is 1. The third kappa shape index (κ3) is 4.12. The van der Waals surface area contributed by atoms with E-state index in [1.54, 1.807) is 23.1 Å². The minimum Gasteiger partial charge on any atom is -0.489 e. The van der Waals surface area contributed by atoms with Gasteiger partial charge in [-0.1, -0.05) is 23.7 Å². The van der Waals surface area contributed by atoms with Crippen molar-refractivity contribution in [1.82, 2.24) is 4.90 Å². The van der Waals surface area contributed by atoms with Crippen LogP contribution in [0, 0.1) is 0 Å². The number of likely N-dealkylation sites (tertiary alicyclic amines) is 1. The van der Waals surface area contributed by atoms with E-state index >= 15 is 0 Å². The van der Waals surface area contributed by atoms with Crippen molar-refractivity contribution in [2.45, 2.75) is 18.9 Å². The number of carbonyl (C=O) groups is 2. The topological polar surface area (TPSA) is 66.8 Å². The maximum absolute atomic E-state index is 12.5. The van der Waals surface area contributed by atoms with Crippen molar-refractivity contribution < 1.29 is 19.4 Å². The molecule has 5 nitrogen and oxygen atoms in total. The first kappa shape index (κ1) is 17.3. The van der Waals surface area contributed by atoms with Crippen molar-refractivity contribution in [3.63, 3.8) is 0 Å². The van der Waals surface area contributed by atoms with Gasteiger partial charge in [0, 0.05) is 31.5 Å². The first-order valence-corrected chi connectivity index (χ1v) is 8.46. The molecule has 3 rings (SSSR count). The molecule has 1 aliphatic heterocycles. The molecule has 0 atom stereocenters. The van der Waals surface area contributed by atoms with Gasteiger partial charge in [-0.25, -0.2) is 4.79 Å². The first-order chi connectivity index (χ1) is 12.0. The van der Waals surface area contributed by atoms with Crippen LogP contribution in [0.5, 0.6) is 5.75 Å². The van der Waals surface area contributed by atoms with E-state index in [1.165, 1.54) is 12.1 Å². The highest BCUT2D eigenvalue weighted by atomic mass is 35.5. The molecule has 0 aliphatic carbocycles. The van der Waals surface area contributed by atoms with Crippen molar-refractivity contribution in [2.24, 2.45) is 0 Å². The Bertz CT molecular complexity index is 767. The summed E-state index contributed by atoms with van der Waals surface area (Å²) >= 11 is 6.11. The van der Waals surface area contributed by atoms with Gasteiger partial charge < -0.3 is 14.7 Å². The number of halogens is 1. The van der Waals surface area contributed by atoms with Gasteiger partial charge in [0.25, 0.3) is 5.91 Å². The molecule has 0 unspecified atom stereocenters. The number of piperidine rings is 1. The van der Waals surface area contributed by atoms with Crippen molar-refractivity contribution in [1.29, 1.82) is 0 Å². The maximum atomic E-state index is 12.5. The van der Waals surface area contributed by atoms with Gasteiger partial charge in [0.05, 0.1) is 10.6 Å². The van der Waals surface area contributed by atoms with E-state index in [0.29, 0.717) is 29.4 Å². The zero-order valence-electron chi connectivity index (χ0n) is 13.5. The Kier molecular flexibility index (Phi) is 5.24. The molecule has 1 saturated heterocycles. The summed E-state index contributed by atoms with van der Waals surface area (Å²) < 4.78 is 5.93. The molecule has 6 heteroatoms. The monoisotopic (exact) mass is 359 g/mol. The average Bonchev–Trinajstić information content (AvgIpc) is 2.64. The third-order valence-electron chi connectivity index (χ3n) is 4.24. The Balaban J connectivity index is 1.57. The minimum absolute atomic E-state index is 0.0262. The lowest BCUT2D eigenvalue weighted by molar-refractivity contribution is 0.0594. The molecule has 0 saturated carbocycles. The zero-order chi connectivity index (χ0) is 17.8. The van der Waals surface area contributed by atoms with E-state index in [-0.39, 0.29) is 17.6 Å². The smallest absolute Gasteiger partial charge is 0.335 e.